The van der Waals surface area contributed by atoms with Crippen LogP contribution in [0.1, 0.15) is 26.7 Å². The minimum Gasteiger partial charge on any atom is -0.322 e. The first-order valence-electron chi connectivity index (χ1n) is 3.24. The number of rotatable bonds is 2. The highest BCUT2D eigenvalue weighted by Gasteiger charge is 1.91. The summed E-state index contributed by atoms with van der Waals surface area (Å²) in [5, 5.41) is 0. The molecule has 0 nitrogen and oxygen atoms in total. The smallest absolute Gasteiger partial charge is 0.322 e. The molecule has 0 aliphatic rings. The monoisotopic (exact) mass is 125 g/mol. The predicted molar refractivity (Wildman–Crippen MR) is 38.7 cm³/mol. The molecule has 1 atom stereocenters. The molecule has 0 fully saturated rings. The summed E-state index contributed by atoms with van der Waals surface area (Å²) < 4.78 is 11.3. The van der Waals surface area contributed by atoms with Crippen LogP contribution in [0.15, 0.2) is 0 Å². The summed E-state index contributed by atoms with van der Waals surface area (Å²) in [4.78, 5) is 0. The quantitative estimate of drug-likeness (QED) is 0.391. The Morgan fingerprint density at radius 2 is 2.33 bits per heavy atom. The van der Waals surface area contributed by atoms with E-state index in [2.05, 4.69) is 18.7 Å². The Balaban J connectivity index is 3.36. The maximum atomic E-state index is 11.3. The molecule has 0 N–H and O–H groups in total. The molecule has 0 aliphatic heterocycles. The molecule has 0 saturated carbocycles. The van der Waals surface area contributed by atoms with E-state index in [4.69, 9.17) is 0 Å². The van der Waals surface area contributed by atoms with Crippen LogP contribution in [0.4, 0.5) is 4.32 Å². The van der Waals surface area contributed by atoms with Crippen molar-refractivity contribution >= 4 is 7.56 Å². The van der Waals surface area contributed by atoms with Crippen LogP contribution in [0, 0.1) is 17.7 Å². The number of hydrogen-bond donors (Lipinski definition) is 0. The van der Waals surface area contributed by atoms with Gasteiger partial charge in [0.05, 0.1) is 0 Å². The molecule has 0 amide bonds. The highest BCUT2D eigenvalue weighted by molar-refractivity contribution is 6.37. The first-order chi connectivity index (χ1) is 4.31. The summed E-state index contributed by atoms with van der Waals surface area (Å²) in [6, 6.07) is 0. The van der Waals surface area contributed by atoms with Crippen LogP contribution in [-0.2, 0) is 0 Å². The summed E-state index contributed by atoms with van der Waals surface area (Å²) >= 11 is 0. The van der Waals surface area contributed by atoms with E-state index in [1.807, 2.05) is 6.92 Å². The average molecular weight is 125 g/mol. The van der Waals surface area contributed by atoms with E-state index in [0.29, 0.717) is 13.5 Å². The molecule has 0 bridgehead atoms. The fourth-order valence-corrected chi connectivity index (χ4v) is 0.679. The SMILES string of the molecule is CCCC(C)C#C[B]F. The Kier molecular flexibility index (Phi) is 5.41. The molecule has 9 heavy (non-hydrogen) atoms. The van der Waals surface area contributed by atoms with Gasteiger partial charge in [-0.1, -0.05) is 20.3 Å². The standard InChI is InChI=1S/C7H11BF/c1-3-4-7(2)5-6-8-9/h7H,3-4H2,1-2H3. The van der Waals surface area contributed by atoms with Crippen LogP contribution >= 0.6 is 0 Å². The second-order valence-corrected chi connectivity index (χ2v) is 2.09. The Morgan fingerprint density at radius 3 is 2.78 bits per heavy atom. The van der Waals surface area contributed by atoms with Gasteiger partial charge >= 0.3 is 7.56 Å². The van der Waals surface area contributed by atoms with E-state index in [1.165, 1.54) is 0 Å². The second kappa shape index (κ2) is 5.69. The van der Waals surface area contributed by atoms with Crippen LogP contribution in [-0.4, -0.2) is 7.56 Å². The van der Waals surface area contributed by atoms with Gasteiger partial charge in [-0.2, -0.15) is 0 Å². The lowest BCUT2D eigenvalue weighted by Gasteiger charge is -1.96. The van der Waals surface area contributed by atoms with Gasteiger partial charge in [-0.25, -0.2) is 0 Å². The molecule has 1 unspecified atom stereocenters. The lowest BCUT2D eigenvalue weighted by Crippen LogP contribution is -1.88. The molecular formula is C7H11BF. The second-order valence-electron chi connectivity index (χ2n) is 2.09. The van der Waals surface area contributed by atoms with Gasteiger partial charge in [0.15, 0.2) is 0 Å². The molecule has 0 saturated heterocycles. The fourth-order valence-electron chi connectivity index (χ4n) is 0.679. The zero-order valence-corrected chi connectivity index (χ0v) is 5.95. The zero-order chi connectivity index (χ0) is 7.11. The highest BCUT2D eigenvalue weighted by Crippen LogP contribution is 2.01. The maximum Gasteiger partial charge on any atom is 0.449 e. The fraction of sp³-hybridized carbons (Fsp3) is 0.714. The van der Waals surface area contributed by atoms with Gasteiger partial charge in [0.25, 0.3) is 0 Å². The van der Waals surface area contributed by atoms with E-state index < -0.39 is 0 Å². The largest absolute Gasteiger partial charge is 0.449 e. The van der Waals surface area contributed by atoms with E-state index in [9.17, 15) is 4.32 Å². The van der Waals surface area contributed by atoms with Crippen molar-refractivity contribution in [3.8, 4) is 11.7 Å². The average Bonchev–Trinajstić information content (AvgIpc) is 1.85. The van der Waals surface area contributed by atoms with Crippen molar-refractivity contribution in [2.45, 2.75) is 26.7 Å². The van der Waals surface area contributed by atoms with E-state index in [0.717, 1.165) is 12.8 Å². The van der Waals surface area contributed by atoms with Gasteiger partial charge in [0.2, 0.25) is 0 Å². The first kappa shape index (κ1) is 8.55. The molecule has 0 aromatic carbocycles. The molecule has 1 radical (unpaired) electrons. The molecule has 0 rings (SSSR count). The van der Waals surface area contributed by atoms with Crippen LogP contribution in [0.25, 0.3) is 0 Å². The normalized spacial score (nSPS) is 11.4. The third-order valence-corrected chi connectivity index (χ3v) is 1.11. The maximum absolute atomic E-state index is 11.3. The van der Waals surface area contributed by atoms with Crippen molar-refractivity contribution in [2.24, 2.45) is 5.92 Å². The van der Waals surface area contributed by atoms with E-state index >= 15 is 0 Å². The summed E-state index contributed by atoms with van der Waals surface area (Å²) in [5.41, 5.74) is 0. The Labute approximate surface area is 57.1 Å². The summed E-state index contributed by atoms with van der Waals surface area (Å²) in [5.74, 6) is 5.38. The van der Waals surface area contributed by atoms with Gasteiger partial charge in [-0.15, -0.1) is 11.7 Å². The van der Waals surface area contributed by atoms with Crippen molar-refractivity contribution in [1.82, 2.24) is 0 Å². The number of hydrogen-bond acceptors (Lipinski definition) is 0. The molecular weight excluding hydrogens is 114 g/mol. The summed E-state index contributed by atoms with van der Waals surface area (Å²) in [7, 11) is 0.395. The van der Waals surface area contributed by atoms with Crippen LogP contribution < -0.4 is 0 Å². The third-order valence-electron chi connectivity index (χ3n) is 1.11. The van der Waals surface area contributed by atoms with Gasteiger partial charge in [0.1, 0.15) is 0 Å². The van der Waals surface area contributed by atoms with Gasteiger partial charge in [-0.05, 0) is 6.42 Å². The molecule has 0 aromatic rings. The van der Waals surface area contributed by atoms with Gasteiger partial charge in [-0.3, -0.25) is 0 Å². The first-order valence-corrected chi connectivity index (χ1v) is 3.24. The molecule has 0 aromatic heterocycles. The van der Waals surface area contributed by atoms with Crippen molar-refractivity contribution in [2.75, 3.05) is 0 Å². The van der Waals surface area contributed by atoms with Gasteiger partial charge in [0, 0.05) is 5.92 Å². The van der Waals surface area contributed by atoms with Crippen molar-refractivity contribution in [3.05, 3.63) is 0 Å². The van der Waals surface area contributed by atoms with Crippen molar-refractivity contribution < 1.29 is 4.32 Å². The predicted octanol–water partition coefficient (Wildman–Crippen LogP) is 1.97. The molecule has 0 spiro atoms. The topological polar surface area (TPSA) is 0 Å². The third kappa shape index (κ3) is 5.43. The zero-order valence-electron chi connectivity index (χ0n) is 5.95. The minimum atomic E-state index is 0.335. The minimum absolute atomic E-state index is 0.335. The van der Waals surface area contributed by atoms with Crippen LogP contribution in [0.3, 0.4) is 0 Å². The van der Waals surface area contributed by atoms with Gasteiger partial charge < -0.3 is 4.32 Å². The number of halogens is 1. The van der Waals surface area contributed by atoms with Crippen molar-refractivity contribution in [1.29, 1.82) is 0 Å². The summed E-state index contributed by atoms with van der Waals surface area (Å²) in [6.07, 6.45) is 2.17. The molecule has 0 heterocycles. The van der Waals surface area contributed by atoms with Crippen molar-refractivity contribution in [3.63, 3.8) is 0 Å². The summed E-state index contributed by atoms with van der Waals surface area (Å²) in [6.45, 7) is 4.09. The highest BCUT2D eigenvalue weighted by atomic mass is 19.1. The Hall–Kier alpha value is -0.445. The molecule has 49 valence electrons. The van der Waals surface area contributed by atoms with Crippen LogP contribution in [0.2, 0.25) is 0 Å². The molecule has 2 heteroatoms. The lowest BCUT2D eigenvalue weighted by atomic mass is 10.0. The van der Waals surface area contributed by atoms with Crippen LogP contribution in [0.5, 0.6) is 0 Å². The van der Waals surface area contributed by atoms with E-state index in [1.54, 1.807) is 0 Å². The molecule has 0 aliphatic carbocycles. The lowest BCUT2D eigenvalue weighted by molar-refractivity contribution is 0.653. The Bertz CT molecular complexity index is 112. The Morgan fingerprint density at radius 1 is 1.67 bits per heavy atom. The van der Waals surface area contributed by atoms with E-state index in [-0.39, 0.29) is 0 Å².